The Hall–Kier alpha value is -2.34. The Morgan fingerprint density at radius 1 is 1.37 bits per heavy atom. The van der Waals surface area contributed by atoms with Crippen LogP contribution < -0.4 is 11.5 Å². The Labute approximate surface area is 110 Å². The summed E-state index contributed by atoms with van der Waals surface area (Å²) >= 11 is 0. The van der Waals surface area contributed by atoms with Gasteiger partial charge in [-0.2, -0.15) is 0 Å². The van der Waals surface area contributed by atoms with Gasteiger partial charge in [-0.1, -0.05) is 18.2 Å². The van der Waals surface area contributed by atoms with Crippen LogP contribution in [0.2, 0.25) is 0 Å². The molecule has 1 aromatic carbocycles. The van der Waals surface area contributed by atoms with Crippen molar-refractivity contribution in [2.45, 2.75) is 19.4 Å². The number of H-pyrrole nitrogens is 1. The molecule has 102 valence electrons. The normalized spacial score (nSPS) is 11.6. The number of hydrogen-bond acceptors (Lipinski definition) is 3. The fourth-order valence-corrected chi connectivity index (χ4v) is 1.97. The van der Waals surface area contributed by atoms with Gasteiger partial charge in [0.15, 0.2) is 0 Å². The Morgan fingerprint density at radius 2 is 2.05 bits per heavy atom. The number of aliphatic carboxylic acids is 1. The molecule has 0 aliphatic carbocycles. The molecular weight excluding hydrogens is 246 g/mol. The molecule has 1 atom stereocenters. The Bertz CT molecular complexity index is 592. The maximum absolute atomic E-state index is 11.1. The highest BCUT2D eigenvalue weighted by Gasteiger charge is 2.20. The highest BCUT2D eigenvalue weighted by molar-refractivity contribution is 5.86. The van der Waals surface area contributed by atoms with Crippen molar-refractivity contribution in [2.75, 3.05) is 0 Å². The number of nitrogens with one attached hydrogen (secondary N) is 2. The highest BCUT2D eigenvalue weighted by Crippen LogP contribution is 2.19. The van der Waals surface area contributed by atoms with E-state index in [-0.39, 0.29) is 18.5 Å². The van der Waals surface area contributed by atoms with Gasteiger partial charge in [0.2, 0.25) is 5.91 Å². The van der Waals surface area contributed by atoms with Crippen molar-refractivity contribution in [3.63, 3.8) is 0 Å². The zero-order valence-electron chi connectivity index (χ0n) is 10.6. The fraction of sp³-hybridized carbons (Fsp3) is 0.231. The maximum Gasteiger partial charge on any atom is 0.326 e. The third kappa shape index (κ3) is 3.32. The van der Waals surface area contributed by atoms with Gasteiger partial charge in [0.25, 0.3) is 0 Å². The monoisotopic (exact) mass is 263 g/mol. The topological polar surface area (TPSA) is 117 Å². The molecule has 0 spiro atoms. The zero-order valence-corrected chi connectivity index (χ0v) is 10.6. The van der Waals surface area contributed by atoms with Crippen molar-refractivity contribution in [3.8, 4) is 0 Å². The molecule has 6 heteroatoms. The number of carboxylic acids is 1. The molecule has 1 heterocycles. The Kier molecular flexibility index (Phi) is 4.66. The zero-order chi connectivity index (χ0) is 13.1. The summed E-state index contributed by atoms with van der Waals surface area (Å²) < 4.78 is 0. The first kappa shape index (κ1) is 14.7. The predicted octanol–water partition coefficient (Wildman–Crippen LogP) is 1.46. The molecule has 19 heavy (non-hydrogen) atoms. The van der Waals surface area contributed by atoms with E-state index in [0.717, 1.165) is 16.5 Å². The van der Waals surface area contributed by atoms with E-state index in [1.165, 1.54) is 6.92 Å². The van der Waals surface area contributed by atoms with Crippen molar-refractivity contribution in [2.24, 2.45) is 0 Å². The Morgan fingerprint density at radius 3 is 2.68 bits per heavy atom. The summed E-state index contributed by atoms with van der Waals surface area (Å²) in [5.41, 5.74) is 1.84. The van der Waals surface area contributed by atoms with Gasteiger partial charge in [0.1, 0.15) is 6.04 Å². The van der Waals surface area contributed by atoms with E-state index in [9.17, 15) is 9.59 Å². The van der Waals surface area contributed by atoms with Gasteiger partial charge in [0.05, 0.1) is 0 Å². The molecular formula is C13H17N3O3. The lowest BCUT2D eigenvalue weighted by Gasteiger charge is -2.12. The van der Waals surface area contributed by atoms with Gasteiger partial charge < -0.3 is 21.6 Å². The summed E-state index contributed by atoms with van der Waals surface area (Å²) in [4.78, 5) is 25.1. The van der Waals surface area contributed by atoms with Crippen LogP contribution >= 0.6 is 0 Å². The van der Waals surface area contributed by atoms with Gasteiger partial charge in [-0.05, 0) is 11.6 Å². The molecule has 0 radical (unpaired) electrons. The molecule has 1 amide bonds. The van der Waals surface area contributed by atoms with Gasteiger partial charge in [-0.25, -0.2) is 4.79 Å². The molecule has 6 N–H and O–H groups in total. The minimum Gasteiger partial charge on any atom is -0.480 e. The number of carboxylic acid groups (broad SMARTS) is 1. The number of aromatic nitrogens is 1. The number of hydrogen-bond donors (Lipinski definition) is 4. The summed E-state index contributed by atoms with van der Waals surface area (Å²) in [5.74, 6) is -1.38. The quantitative estimate of drug-likeness (QED) is 0.668. The molecule has 6 nitrogen and oxygen atoms in total. The van der Waals surface area contributed by atoms with Crippen LogP contribution in [0.4, 0.5) is 0 Å². The minimum absolute atomic E-state index is 0. The van der Waals surface area contributed by atoms with E-state index in [4.69, 9.17) is 5.11 Å². The second-order valence-corrected chi connectivity index (χ2v) is 4.15. The highest BCUT2D eigenvalue weighted by atomic mass is 16.4. The van der Waals surface area contributed by atoms with Crippen molar-refractivity contribution in [1.82, 2.24) is 16.5 Å². The van der Waals surface area contributed by atoms with Crippen LogP contribution in [-0.4, -0.2) is 28.0 Å². The number of carbonyl (C=O) groups excluding carboxylic acids is 1. The van der Waals surface area contributed by atoms with E-state index in [1.807, 2.05) is 24.3 Å². The minimum atomic E-state index is -1.03. The number of para-hydroxylation sites is 1. The van der Waals surface area contributed by atoms with E-state index < -0.39 is 12.0 Å². The molecule has 0 bridgehead atoms. The smallest absolute Gasteiger partial charge is 0.326 e. The van der Waals surface area contributed by atoms with Crippen LogP contribution in [0.1, 0.15) is 12.5 Å². The SMILES string of the molecule is CC(=O)N[C@@H](Cc1c[nH]c2ccccc12)C(=O)O.N. The lowest BCUT2D eigenvalue weighted by molar-refractivity contribution is -0.141. The summed E-state index contributed by atoms with van der Waals surface area (Å²) in [6.07, 6.45) is 2.04. The second-order valence-electron chi connectivity index (χ2n) is 4.15. The number of rotatable bonds is 4. The fourth-order valence-electron chi connectivity index (χ4n) is 1.97. The molecule has 0 fully saturated rings. The summed E-state index contributed by atoms with van der Waals surface area (Å²) in [6, 6.07) is 6.75. The van der Waals surface area contributed by atoms with Gasteiger partial charge >= 0.3 is 5.97 Å². The average Bonchev–Trinajstić information content (AvgIpc) is 2.71. The first-order valence-corrected chi connectivity index (χ1v) is 5.63. The Balaban J connectivity index is 0.00000180. The maximum atomic E-state index is 11.1. The lowest BCUT2D eigenvalue weighted by atomic mass is 10.1. The van der Waals surface area contributed by atoms with Crippen LogP contribution in [0.25, 0.3) is 10.9 Å². The van der Waals surface area contributed by atoms with Crippen molar-refractivity contribution >= 4 is 22.8 Å². The molecule has 0 saturated carbocycles. The number of aromatic amines is 1. The van der Waals surface area contributed by atoms with E-state index >= 15 is 0 Å². The predicted molar refractivity (Wildman–Crippen MR) is 72.3 cm³/mol. The molecule has 0 aliphatic heterocycles. The molecule has 2 rings (SSSR count). The van der Waals surface area contributed by atoms with Gasteiger partial charge in [-0.3, -0.25) is 4.79 Å². The van der Waals surface area contributed by atoms with E-state index in [1.54, 1.807) is 6.20 Å². The molecule has 2 aromatic rings. The molecule has 0 saturated heterocycles. The molecule has 0 aliphatic rings. The van der Waals surface area contributed by atoms with Crippen molar-refractivity contribution < 1.29 is 14.7 Å². The van der Waals surface area contributed by atoms with Crippen molar-refractivity contribution in [3.05, 3.63) is 36.0 Å². The summed E-state index contributed by atoms with van der Waals surface area (Å²) in [5, 5.41) is 12.5. The third-order valence-electron chi connectivity index (χ3n) is 2.77. The van der Waals surface area contributed by atoms with Crippen LogP contribution in [-0.2, 0) is 16.0 Å². The van der Waals surface area contributed by atoms with Crippen LogP contribution in [0.3, 0.4) is 0 Å². The summed E-state index contributed by atoms with van der Waals surface area (Å²) in [7, 11) is 0. The number of carbonyl (C=O) groups is 2. The second kappa shape index (κ2) is 6.01. The number of fused-ring (bicyclic) bond motifs is 1. The van der Waals surface area contributed by atoms with Gasteiger partial charge in [-0.15, -0.1) is 0 Å². The van der Waals surface area contributed by atoms with Gasteiger partial charge in [0, 0.05) is 30.4 Å². The summed E-state index contributed by atoms with van der Waals surface area (Å²) in [6.45, 7) is 1.31. The van der Waals surface area contributed by atoms with Crippen LogP contribution in [0.5, 0.6) is 0 Å². The van der Waals surface area contributed by atoms with Crippen LogP contribution in [0, 0.1) is 0 Å². The number of benzene rings is 1. The first-order chi connectivity index (χ1) is 8.58. The first-order valence-electron chi connectivity index (χ1n) is 5.63. The largest absolute Gasteiger partial charge is 0.480 e. The van der Waals surface area contributed by atoms with Crippen LogP contribution in [0.15, 0.2) is 30.5 Å². The standard InChI is InChI=1S/C13H14N2O3.H3N/c1-8(16)15-12(13(17)18)6-9-7-14-11-5-3-2-4-10(9)11;/h2-5,7,12,14H,6H2,1H3,(H,15,16)(H,17,18);1H3/t12-;/m0./s1. The van der Waals surface area contributed by atoms with E-state index in [2.05, 4.69) is 10.3 Å². The average molecular weight is 263 g/mol. The molecule has 1 aromatic heterocycles. The van der Waals surface area contributed by atoms with E-state index in [0.29, 0.717) is 0 Å². The number of amides is 1. The molecule has 0 unspecified atom stereocenters. The lowest BCUT2D eigenvalue weighted by Crippen LogP contribution is -2.41. The van der Waals surface area contributed by atoms with Crippen molar-refractivity contribution in [1.29, 1.82) is 0 Å². The third-order valence-corrected chi connectivity index (χ3v) is 2.77.